The van der Waals surface area contributed by atoms with Gasteiger partial charge in [0.25, 0.3) is 0 Å². The molecule has 20 heavy (non-hydrogen) atoms. The zero-order valence-corrected chi connectivity index (χ0v) is 14.7. The molecule has 1 aliphatic heterocycles. The van der Waals surface area contributed by atoms with Gasteiger partial charge in [0.05, 0.1) is 0 Å². The van der Waals surface area contributed by atoms with Gasteiger partial charge in [0, 0.05) is 19.9 Å². The van der Waals surface area contributed by atoms with Gasteiger partial charge in [0.15, 0.2) is 0 Å². The summed E-state index contributed by atoms with van der Waals surface area (Å²) >= 11 is 0. The van der Waals surface area contributed by atoms with Crippen LogP contribution in [0.3, 0.4) is 0 Å². The van der Waals surface area contributed by atoms with Crippen LogP contribution < -0.4 is 5.32 Å². The van der Waals surface area contributed by atoms with Gasteiger partial charge in [-0.2, -0.15) is 0 Å². The second kappa shape index (κ2) is 20.4. The summed E-state index contributed by atoms with van der Waals surface area (Å²) in [6.07, 6.45) is 4.15. The Balaban J connectivity index is -0.000000231. The highest BCUT2D eigenvalue weighted by Crippen LogP contribution is 2.13. The van der Waals surface area contributed by atoms with Crippen molar-refractivity contribution in [2.75, 3.05) is 27.2 Å². The lowest BCUT2D eigenvalue weighted by Gasteiger charge is -2.26. The third kappa shape index (κ3) is 19.4. The minimum Gasteiger partial charge on any atom is -0.359 e. The van der Waals surface area contributed by atoms with Crippen LogP contribution in [0, 0.1) is 5.92 Å². The van der Waals surface area contributed by atoms with Crippen LogP contribution in [0.1, 0.15) is 60.3 Å². The molecule has 4 heteroatoms. The van der Waals surface area contributed by atoms with E-state index in [0.29, 0.717) is 12.8 Å². The average Bonchev–Trinajstić information content (AvgIpc) is 2.52. The van der Waals surface area contributed by atoms with Crippen molar-refractivity contribution in [1.29, 1.82) is 0 Å². The van der Waals surface area contributed by atoms with E-state index >= 15 is 0 Å². The maximum Gasteiger partial charge on any atom is 0.220 e. The molecular formula is C16H36N2O2. The summed E-state index contributed by atoms with van der Waals surface area (Å²) in [6, 6.07) is 0. The molecule has 1 fully saturated rings. The molecule has 1 amide bonds. The first-order valence-electron chi connectivity index (χ1n) is 7.93. The average molecular weight is 288 g/mol. The minimum absolute atomic E-state index is 0.0860. The van der Waals surface area contributed by atoms with Crippen molar-refractivity contribution in [2.45, 2.75) is 60.3 Å². The Bertz CT molecular complexity index is 191. The van der Waals surface area contributed by atoms with Crippen LogP contribution in [0.4, 0.5) is 0 Å². The normalized spacial score (nSPS) is 14.3. The first-order chi connectivity index (χ1) is 9.60. The molecule has 0 bridgehead atoms. The summed E-state index contributed by atoms with van der Waals surface area (Å²) < 4.78 is 0. The number of carbonyl (C=O) groups excluding carboxylic acids is 2. The fourth-order valence-electron chi connectivity index (χ4n) is 1.45. The molecule has 122 valence electrons. The van der Waals surface area contributed by atoms with Gasteiger partial charge >= 0.3 is 0 Å². The lowest BCUT2D eigenvalue weighted by atomic mass is 10.00. The molecule has 0 saturated carbocycles. The molecule has 0 aromatic heterocycles. The van der Waals surface area contributed by atoms with Crippen LogP contribution in [-0.2, 0) is 9.59 Å². The van der Waals surface area contributed by atoms with Crippen LogP contribution >= 0.6 is 0 Å². The van der Waals surface area contributed by atoms with Crippen molar-refractivity contribution in [1.82, 2.24) is 10.2 Å². The van der Waals surface area contributed by atoms with E-state index in [9.17, 15) is 9.59 Å². The largest absolute Gasteiger partial charge is 0.359 e. The molecule has 0 radical (unpaired) electrons. The van der Waals surface area contributed by atoms with Gasteiger partial charge in [-0.1, -0.05) is 34.6 Å². The summed E-state index contributed by atoms with van der Waals surface area (Å²) in [7, 11) is 3.75. The molecule has 4 nitrogen and oxygen atoms in total. The molecule has 1 rings (SSSR count). The Kier molecular flexibility index (Phi) is 24.6. The molecule has 1 aliphatic rings. The number of piperidine rings is 1. The summed E-state index contributed by atoms with van der Waals surface area (Å²) in [4.78, 5) is 22.3. The van der Waals surface area contributed by atoms with Gasteiger partial charge in [-0.3, -0.25) is 4.79 Å². The Morgan fingerprint density at radius 3 is 1.95 bits per heavy atom. The SMILES string of the molecule is CC.CC.CC1CCN(C)CC1.CNC(=O)CCC=O. The molecule has 0 aromatic carbocycles. The van der Waals surface area contributed by atoms with Crippen LogP contribution in [0.5, 0.6) is 0 Å². The monoisotopic (exact) mass is 288 g/mol. The first-order valence-corrected chi connectivity index (χ1v) is 7.93. The van der Waals surface area contributed by atoms with E-state index in [1.807, 2.05) is 27.7 Å². The highest BCUT2D eigenvalue weighted by Gasteiger charge is 2.10. The van der Waals surface area contributed by atoms with Gasteiger partial charge in [-0.25, -0.2) is 0 Å². The van der Waals surface area contributed by atoms with Crippen LogP contribution in [0.2, 0.25) is 0 Å². The number of nitrogens with one attached hydrogen (secondary N) is 1. The third-order valence-corrected chi connectivity index (χ3v) is 2.78. The van der Waals surface area contributed by atoms with Crippen molar-refractivity contribution >= 4 is 12.2 Å². The topological polar surface area (TPSA) is 49.4 Å². The van der Waals surface area contributed by atoms with Gasteiger partial charge in [0.2, 0.25) is 5.91 Å². The van der Waals surface area contributed by atoms with Crippen molar-refractivity contribution in [3.63, 3.8) is 0 Å². The van der Waals surface area contributed by atoms with Crippen molar-refractivity contribution in [3.8, 4) is 0 Å². The van der Waals surface area contributed by atoms with E-state index < -0.39 is 0 Å². The van der Waals surface area contributed by atoms with Gasteiger partial charge in [-0.05, 0) is 38.9 Å². The molecule has 0 atom stereocenters. The van der Waals surface area contributed by atoms with E-state index in [2.05, 4.69) is 24.2 Å². The minimum atomic E-state index is -0.0860. The Morgan fingerprint density at radius 1 is 1.20 bits per heavy atom. The first kappa shape index (κ1) is 24.1. The van der Waals surface area contributed by atoms with Crippen LogP contribution in [0.15, 0.2) is 0 Å². The van der Waals surface area contributed by atoms with Crippen LogP contribution in [0.25, 0.3) is 0 Å². The standard InChI is InChI=1S/C7H15N.C5H9NO2.2C2H6/c1-7-3-5-8(2)6-4-7;1-6-5(8)3-2-4-7;2*1-2/h7H,3-6H2,1-2H3;4H,2-3H2,1H3,(H,6,8);2*1-2H3. The van der Waals surface area contributed by atoms with E-state index in [-0.39, 0.29) is 5.91 Å². The molecule has 0 aliphatic carbocycles. The van der Waals surface area contributed by atoms with E-state index in [4.69, 9.17) is 0 Å². The predicted octanol–water partition coefficient (Wildman–Crippen LogP) is 3.11. The number of hydrogen-bond donors (Lipinski definition) is 1. The summed E-state index contributed by atoms with van der Waals surface area (Å²) in [5, 5.41) is 2.40. The number of aldehydes is 1. The number of likely N-dealkylation sites (tertiary alicyclic amines) is 1. The highest BCUT2D eigenvalue weighted by molar-refractivity contribution is 5.77. The predicted molar refractivity (Wildman–Crippen MR) is 88.0 cm³/mol. The van der Waals surface area contributed by atoms with Crippen molar-refractivity contribution in [3.05, 3.63) is 0 Å². The molecular weight excluding hydrogens is 252 g/mol. The number of rotatable bonds is 3. The lowest BCUT2D eigenvalue weighted by Crippen LogP contribution is -2.28. The fourth-order valence-corrected chi connectivity index (χ4v) is 1.45. The number of carbonyl (C=O) groups is 2. The van der Waals surface area contributed by atoms with E-state index in [1.54, 1.807) is 7.05 Å². The number of amides is 1. The molecule has 0 unspecified atom stereocenters. The van der Waals surface area contributed by atoms with E-state index in [0.717, 1.165) is 12.2 Å². The summed E-state index contributed by atoms with van der Waals surface area (Å²) in [6.45, 7) is 13.0. The molecule has 0 aromatic rings. The maximum atomic E-state index is 10.3. The second-order valence-corrected chi connectivity index (χ2v) is 4.36. The molecule has 1 heterocycles. The quantitative estimate of drug-likeness (QED) is 0.812. The Hall–Kier alpha value is -0.900. The highest BCUT2D eigenvalue weighted by atomic mass is 16.1. The smallest absolute Gasteiger partial charge is 0.220 e. The molecule has 1 saturated heterocycles. The molecule has 1 N–H and O–H groups in total. The lowest BCUT2D eigenvalue weighted by molar-refractivity contribution is -0.122. The Labute approximate surface area is 126 Å². The third-order valence-electron chi connectivity index (χ3n) is 2.78. The van der Waals surface area contributed by atoms with Gasteiger partial charge in [0.1, 0.15) is 6.29 Å². The fraction of sp³-hybridized carbons (Fsp3) is 0.875. The van der Waals surface area contributed by atoms with Crippen molar-refractivity contribution in [2.24, 2.45) is 5.92 Å². The van der Waals surface area contributed by atoms with Crippen molar-refractivity contribution < 1.29 is 9.59 Å². The zero-order valence-electron chi connectivity index (χ0n) is 14.7. The van der Waals surface area contributed by atoms with E-state index in [1.165, 1.54) is 25.9 Å². The van der Waals surface area contributed by atoms with Crippen LogP contribution in [-0.4, -0.2) is 44.3 Å². The summed E-state index contributed by atoms with van der Waals surface area (Å²) in [5.74, 6) is 0.892. The molecule has 0 spiro atoms. The van der Waals surface area contributed by atoms with Gasteiger partial charge in [-0.15, -0.1) is 0 Å². The second-order valence-electron chi connectivity index (χ2n) is 4.36. The number of nitrogens with zero attached hydrogens (tertiary/aromatic N) is 1. The summed E-state index contributed by atoms with van der Waals surface area (Å²) in [5.41, 5.74) is 0. The number of hydrogen-bond acceptors (Lipinski definition) is 3. The zero-order chi connectivity index (χ0) is 16.4. The Morgan fingerprint density at radius 2 is 1.65 bits per heavy atom. The van der Waals surface area contributed by atoms with Gasteiger partial charge < -0.3 is 15.0 Å². The maximum absolute atomic E-state index is 10.3.